The minimum absolute atomic E-state index is 0.584. The standard InChI is InChI=1S/C27H37N3/c1-7-9-20-11-12-23-24(21(20)10-8-2)25-22(28)15-19(6)29-27(25)30(23)26-17(4)13-16(3)14-18(26)5/h13-15,20-21H,7-12H2,1-6H3,(H2,28,29). The second-order valence-corrected chi connectivity index (χ2v) is 9.48. The van der Waals surface area contributed by atoms with Crippen LogP contribution in [-0.4, -0.2) is 9.55 Å². The summed E-state index contributed by atoms with van der Waals surface area (Å²) < 4.78 is 2.48. The van der Waals surface area contributed by atoms with Gasteiger partial charge in [0.2, 0.25) is 0 Å². The van der Waals surface area contributed by atoms with Crippen LogP contribution in [0.15, 0.2) is 18.2 Å². The minimum Gasteiger partial charge on any atom is -0.398 e. The van der Waals surface area contributed by atoms with Gasteiger partial charge >= 0.3 is 0 Å². The average molecular weight is 404 g/mol. The Hall–Kier alpha value is -2.29. The molecule has 0 fully saturated rings. The van der Waals surface area contributed by atoms with Crippen LogP contribution in [0.3, 0.4) is 0 Å². The molecule has 1 aromatic carbocycles. The summed E-state index contributed by atoms with van der Waals surface area (Å²) >= 11 is 0. The summed E-state index contributed by atoms with van der Waals surface area (Å²) in [4.78, 5) is 5.07. The van der Waals surface area contributed by atoms with Crippen LogP contribution in [0.2, 0.25) is 0 Å². The smallest absolute Gasteiger partial charge is 0.147 e. The predicted molar refractivity (Wildman–Crippen MR) is 129 cm³/mol. The SMILES string of the molecule is CCCC1CCc2c(c3c(N)cc(C)nc3n2-c2c(C)cc(C)cc2C)C1CCC. The molecule has 0 spiro atoms. The van der Waals surface area contributed by atoms with E-state index in [-0.39, 0.29) is 0 Å². The highest BCUT2D eigenvalue weighted by molar-refractivity contribution is 5.95. The monoisotopic (exact) mass is 403 g/mol. The molecule has 3 aromatic rings. The second kappa shape index (κ2) is 8.09. The first-order valence-electron chi connectivity index (χ1n) is 11.8. The number of benzene rings is 1. The van der Waals surface area contributed by atoms with Gasteiger partial charge in [-0.05, 0) is 81.5 Å². The number of nitrogens with zero attached hydrogens (tertiary/aromatic N) is 2. The lowest BCUT2D eigenvalue weighted by Crippen LogP contribution is -2.22. The van der Waals surface area contributed by atoms with Gasteiger partial charge in [0.1, 0.15) is 5.65 Å². The number of aryl methyl sites for hydroxylation is 4. The molecule has 0 radical (unpaired) electrons. The van der Waals surface area contributed by atoms with Gasteiger partial charge in [0, 0.05) is 22.5 Å². The van der Waals surface area contributed by atoms with E-state index < -0.39 is 0 Å². The number of pyridine rings is 1. The Bertz CT molecular complexity index is 1070. The minimum atomic E-state index is 0.584. The molecule has 160 valence electrons. The Morgan fingerprint density at radius 1 is 1.00 bits per heavy atom. The summed E-state index contributed by atoms with van der Waals surface area (Å²) in [6.45, 7) is 13.3. The van der Waals surface area contributed by atoms with Gasteiger partial charge in [-0.3, -0.25) is 4.57 Å². The fraction of sp³-hybridized carbons (Fsp3) is 0.519. The van der Waals surface area contributed by atoms with Crippen LogP contribution in [0.25, 0.3) is 16.7 Å². The molecule has 1 aliphatic rings. The predicted octanol–water partition coefficient (Wildman–Crippen LogP) is 7.09. The van der Waals surface area contributed by atoms with Crippen molar-refractivity contribution in [3.63, 3.8) is 0 Å². The van der Waals surface area contributed by atoms with Crippen molar-refractivity contribution >= 4 is 16.7 Å². The van der Waals surface area contributed by atoms with Crippen LogP contribution in [-0.2, 0) is 6.42 Å². The lowest BCUT2D eigenvalue weighted by atomic mass is 9.72. The van der Waals surface area contributed by atoms with Crippen LogP contribution >= 0.6 is 0 Å². The largest absolute Gasteiger partial charge is 0.398 e. The van der Waals surface area contributed by atoms with Gasteiger partial charge < -0.3 is 5.73 Å². The Morgan fingerprint density at radius 3 is 2.30 bits per heavy atom. The van der Waals surface area contributed by atoms with Crippen molar-refractivity contribution in [3.8, 4) is 5.69 Å². The number of fused-ring (bicyclic) bond motifs is 3. The van der Waals surface area contributed by atoms with Gasteiger partial charge in [-0.15, -0.1) is 0 Å². The van der Waals surface area contributed by atoms with E-state index in [1.54, 1.807) is 0 Å². The first-order chi connectivity index (χ1) is 14.4. The molecule has 2 unspecified atom stereocenters. The number of nitrogen functional groups attached to an aromatic ring is 1. The molecule has 0 saturated carbocycles. The Balaban J connectivity index is 2.09. The summed E-state index contributed by atoms with van der Waals surface area (Å²) in [6, 6.07) is 6.66. The molecule has 0 bridgehead atoms. The van der Waals surface area contributed by atoms with E-state index in [9.17, 15) is 0 Å². The van der Waals surface area contributed by atoms with Crippen molar-refractivity contribution in [1.82, 2.24) is 9.55 Å². The quantitative estimate of drug-likeness (QED) is 0.494. The number of aromatic nitrogens is 2. The number of hydrogen-bond donors (Lipinski definition) is 1. The first-order valence-corrected chi connectivity index (χ1v) is 11.8. The number of anilines is 1. The lowest BCUT2D eigenvalue weighted by molar-refractivity contribution is 0.328. The fourth-order valence-corrected chi connectivity index (χ4v) is 6.09. The van der Waals surface area contributed by atoms with Crippen LogP contribution < -0.4 is 5.73 Å². The highest BCUT2D eigenvalue weighted by Gasteiger charge is 2.35. The summed E-state index contributed by atoms with van der Waals surface area (Å²) in [5, 5.41) is 1.22. The van der Waals surface area contributed by atoms with Crippen LogP contribution in [0.4, 0.5) is 5.69 Å². The molecule has 2 atom stereocenters. The molecular weight excluding hydrogens is 366 g/mol. The summed E-state index contributed by atoms with van der Waals surface area (Å²) in [5.41, 5.74) is 17.9. The topological polar surface area (TPSA) is 43.8 Å². The molecule has 2 N–H and O–H groups in total. The average Bonchev–Trinajstić information content (AvgIpc) is 2.98. The van der Waals surface area contributed by atoms with Gasteiger partial charge in [0.05, 0.1) is 5.69 Å². The molecule has 30 heavy (non-hydrogen) atoms. The van der Waals surface area contributed by atoms with Crippen LogP contribution in [0.5, 0.6) is 0 Å². The van der Waals surface area contributed by atoms with E-state index >= 15 is 0 Å². The van der Waals surface area contributed by atoms with E-state index in [1.807, 2.05) is 0 Å². The Morgan fingerprint density at radius 2 is 1.67 bits per heavy atom. The maximum absolute atomic E-state index is 6.70. The Labute approximate surface area is 181 Å². The van der Waals surface area contributed by atoms with Crippen LogP contribution in [0, 0.1) is 33.6 Å². The third kappa shape index (κ3) is 3.33. The highest BCUT2D eigenvalue weighted by Crippen LogP contribution is 2.48. The normalized spacial score (nSPS) is 18.7. The molecule has 3 heteroatoms. The first kappa shape index (κ1) is 21.0. The molecule has 1 aliphatic carbocycles. The lowest BCUT2D eigenvalue weighted by Gasteiger charge is -2.33. The van der Waals surface area contributed by atoms with E-state index in [0.29, 0.717) is 5.92 Å². The third-order valence-electron chi connectivity index (χ3n) is 7.03. The van der Waals surface area contributed by atoms with Crippen molar-refractivity contribution in [3.05, 3.63) is 51.8 Å². The van der Waals surface area contributed by atoms with Crippen LogP contribution in [0.1, 0.15) is 85.5 Å². The zero-order valence-electron chi connectivity index (χ0n) is 19.6. The Kier molecular flexibility index (Phi) is 5.65. The molecular formula is C27H37N3. The van der Waals surface area contributed by atoms with Crippen molar-refractivity contribution < 1.29 is 0 Å². The summed E-state index contributed by atoms with van der Waals surface area (Å²) in [5.74, 6) is 1.34. The van der Waals surface area contributed by atoms with E-state index in [0.717, 1.165) is 29.4 Å². The second-order valence-electron chi connectivity index (χ2n) is 9.48. The van der Waals surface area contributed by atoms with Gasteiger partial charge in [0.25, 0.3) is 0 Å². The highest BCUT2D eigenvalue weighted by atomic mass is 15.1. The third-order valence-corrected chi connectivity index (χ3v) is 7.03. The maximum Gasteiger partial charge on any atom is 0.147 e. The van der Waals surface area contributed by atoms with Gasteiger partial charge in [-0.25, -0.2) is 4.98 Å². The number of hydrogen-bond acceptors (Lipinski definition) is 2. The summed E-state index contributed by atoms with van der Waals surface area (Å²) in [6.07, 6.45) is 7.38. The fourth-order valence-electron chi connectivity index (χ4n) is 6.09. The molecule has 4 rings (SSSR count). The maximum atomic E-state index is 6.70. The number of nitrogens with two attached hydrogens (primary N) is 1. The summed E-state index contributed by atoms with van der Waals surface area (Å²) in [7, 11) is 0. The van der Waals surface area contributed by atoms with E-state index in [4.69, 9.17) is 10.7 Å². The zero-order valence-corrected chi connectivity index (χ0v) is 19.6. The molecule has 0 saturated heterocycles. The molecule has 3 nitrogen and oxygen atoms in total. The zero-order chi connectivity index (χ0) is 21.6. The van der Waals surface area contributed by atoms with Gasteiger partial charge in [-0.1, -0.05) is 50.8 Å². The van der Waals surface area contributed by atoms with Crippen molar-refractivity contribution in [2.24, 2.45) is 5.92 Å². The van der Waals surface area contributed by atoms with Crippen molar-refractivity contribution in [2.75, 3.05) is 5.73 Å². The van der Waals surface area contributed by atoms with Gasteiger partial charge in [-0.2, -0.15) is 0 Å². The molecule has 2 aromatic heterocycles. The van der Waals surface area contributed by atoms with Crippen molar-refractivity contribution in [2.45, 2.75) is 86.0 Å². The molecule has 0 aliphatic heterocycles. The van der Waals surface area contributed by atoms with Gasteiger partial charge in [0.15, 0.2) is 0 Å². The van der Waals surface area contributed by atoms with E-state index in [1.165, 1.54) is 71.1 Å². The number of rotatable bonds is 5. The van der Waals surface area contributed by atoms with E-state index in [2.05, 4.69) is 64.3 Å². The molecule has 2 heterocycles. The molecule has 0 amide bonds. The van der Waals surface area contributed by atoms with Crippen molar-refractivity contribution in [1.29, 1.82) is 0 Å².